The number of rotatable bonds is 6. The topological polar surface area (TPSA) is 83.7 Å². The normalized spacial score (nSPS) is 15.6. The van der Waals surface area contributed by atoms with Crippen LogP contribution in [-0.4, -0.2) is 35.1 Å². The van der Waals surface area contributed by atoms with Crippen LogP contribution in [-0.2, 0) is 10.0 Å². The largest absolute Gasteiger partial charge is 0.389 e. The van der Waals surface area contributed by atoms with E-state index in [1.54, 1.807) is 18.5 Å². The number of nitrogens with zero attached hydrogens (tertiary/aromatic N) is 2. The molecule has 0 aromatic carbocycles. The van der Waals surface area contributed by atoms with Crippen LogP contribution in [0.5, 0.6) is 0 Å². The first-order valence-electron chi connectivity index (χ1n) is 6.10. The van der Waals surface area contributed by atoms with Gasteiger partial charge < -0.3 is 5.11 Å². The van der Waals surface area contributed by atoms with E-state index in [0.717, 1.165) is 6.42 Å². The molecule has 9 heteroatoms. The van der Waals surface area contributed by atoms with E-state index in [4.69, 9.17) is 11.6 Å². The number of imidazole rings is 1. The Morgan fingerprint density at radius 2 is 2.30 bits per heavy atom. The van der Waals surface area contributed by atoms with Crippen LogP contribution in [0.3, 0.4) is 0 Å². The molecule has 2 aromatic heterocycles. The number of aliphatic hydroxyl groups is 1. The molecule has 2 aromatic rings. The number of hydrogen-bond acceptors (Lipinski definition) is 5. The standard InChI is InChI=1S/C11H16ClN3O3S2/c1-3-4-11(2,16)7-13-20(17,18)9-8(12)14-10-15(9)5-6-19-10/h5-6,13,16H,3-4,7H2,1-2H3. The molecule has 0 amide bonds. The second-order valence-corrected chi connectivity index (χ2v) is 7.75. The highest BCUT2D eigenvalue weighted by Gasteiger charge is 2.28. The Morgan fingerprint density at radius 3 is 2.95 bits per heavy atom. The number of thiazole rings is 1. The van der Waals surface area contributed by atoms with Gasteiger partial charge in [0.05, 0.1) is 5.60 Å². The molecule has 2 N–H and O–H groups in total. The molecule has 1 unspecified atom stereocenters. The summed E-state index contributed by atoms with van der Waals surface area (Å²) >= 11 is 7.19. The van der Waals surface area contributed by atoms with Crippen molar-refractivity contribution in [3.63, 3.8) is 0 Å². The lowest BCUT2D eigenvalue weighted by Crippen LogP contribution is -2.40. The second-order valence-electron chi connectivity index (χ2n) is 4.83. The van der Waals surface area contributed by atoms with Crippen molar-refractivity contribution >= 4 is 37.9 Å². The van der Waals surface area contributed by atoms with Crippen molar-refractivity contribution in [1.82, 2.24) is 14.1 Å². The Kier molecular flexibility index (Phi) is 4.41. The van der Waals surface area contributed by atoms with Crippen LogP contribution in [0, 0.1) is 0 Å². The van der Waals surface area contributed by atoms with Crippen molar-refractivity contribution in [2.75, 3.05) is 6.54 Å². The average molecular weight is 338 g/mol. The molecule has 0 fully saturated rings. The van der Waals surface area contributed by atoms with Crippen LogP contribution >= 0.6 is 22.9 Å². The third-order valence-electron chi connectivity index (χ3n) is 2.86. The van der Waals surface area contributed by atoms with E-state index in [1.165, 1.54) is 15.7 Å². The molecule has 0 spiro atoms. The third-order valence-corrected chi connectivity index (χ3v) is 5.42. The minimum atomic E-state index is -3.83. The van der Waals surface area contributed by atoms with Gasteiger partial charge in [0, 0.05) is 18.1 Å². The predicted octanol–water partition coefficient (Wildman–Crippen LogP) is 1.88. The Bertz CT molecular complexity index is 706. The quantitative estimate of drug-likeness (QED) is 0.843. The minimum Gasteiger partial charge on any atom is -0.389 e. The molecular weight excluding hydrogens is 322 g/mol. The van der Waals surface area contributed by atoms with Crippen molar-refractivity contribution in [3.8, 4) is 0 Å². The maximum Gasteiger partial charge on any atom is 0.259 e. The summed E-state index contributed by atoms with van der Waals surface area (Å²) in [6.45, 7) is 3.44. The smallest absolute Gasteiger partial charge is 0.259 e. The summed E-state index contributed by atoms with van der Waals surface area (Å²) in [4.78, 5) is 4.50. The van der Waals surface area contributed by atoms with E-state index in [2.05, 4.69) is 9.71 Å². The molecule has 1 atom stereocenters. The average Bonchev–Trinajstić information content (AvgIpc) is 2.86. The van der Waals surface area contributed by atoms with Gasteiger partial charge in [-0.05, 0) is 13.3 Å². The first-order chi connectivity index (χ1) is 9.27. The zero-order valence-electron chi connectivity index (χ0n) is 11.1. The van der Waals surface area contributed by atoms with E-state index in [9.17, 15) is 13.5 Å². The second kappa shape index (κ2) is 5.61. The predicted molar refractivity (Wildman–Crippen MR) is 78.8 cm³/mol. The lowest BCUT2D eigenvalue weighted by atomic mass is 10.0. The summed E-state index contributed by atoms with van der Waals surface area (Å²) in [5, 5.41) is 11.6. The van der Waals surface area contributed by atoms with Gasteiger partial charge in [0.2, 0.25) is 0 Å². The van der Waals surface area contributed by atoms with E-state index in [0.29, 0.717) is 11.4 Å². The first kappa shape index (κ1) is 15.7. The van der Waals surface area contributed by atoms with Crippen LogP contribution in [0.2, 0.25) is 5.15 Å². The zero-order chi connectivity index (χ0) is 15.0. The Hall–Kier alpha value is -0.670. The summed E-state index contributed by atoms with van der Waals surface area (Å²) in [5.41, 5.74) is -1.09. The molecule has 0 aliphatic carbocycles. The van der Waals surface area contributed by atoms with Crippen LogP contribution < -0.4 is 4.72 Å². The maximum atomic E-state index is 12.3. The summed E-state index contributed by atoms with van der Waals surface area (Å²) < 4.78 is 28.4. The highest BCUT2D eigenvalue weighted by molar-refractivity contribution is 7.89. The number of nitrogens with one attached hydrogen (secondary N) is 1. The highest BCUT2D eigenvalue weighted by Crippen LogP contribution is 2.25. The highest BCUT2D eigenvalue weighted by atomic mass is 35.5. The Labute approximate surface area is 126 Å². The van der Waals surface area contributed by atoms with Gasteiger partial charge in [-0.1, -0.05) is 24.9 Å². The van der Waals surface area contributed by atoms with Crippen LogP contribution in [0.1, 0.15) is 26.7 Å². The van der Waals surface area contributed by atoms with Crippen LogP contribution in [0.4, 0.5) is 0 Å². The molecule has 2 rings (SSSR count). The number of halogens is 1. The number of aromatic nitrogens is 2. The van der Waals surface area contributed by atoms with Gasteiger partial charge in [-0.15, -0.1) is 11.3 Å². The van der Waals surface area contributed by atoms with E-state index in [-0.39, 0.29) is 16.7 Å². The van der Waals surface area contributed by atoms with Gasteiger partial charge >= 0.3 is 0 Å². The van der Waals surface area contributed by atoms with Crippen molar-refractivity contribution < 1.29 is 13.5 Å². The van der Waals surface area contributed by atoms with Gasteiger partial charge in [-0.25, -0.2) is 18.1 Å². The molecule has 0 aliphatic rings. The zero-order valence-corrected chi connectivity index (χ0v) is 13.5. The fraction of sp³-hybridized carbons (Fsp3) is 0.545. The van der Waals surface area contributed by atoms with Gasteiger partial charge in [-0.3, -0.25) is 4.40 Å². The van der Waals surface area contributed by atoms with Gasteiger partial charge in [-0.2, -0.15) is 0 Å². The van der Waals surface area contributed by atoms with Crippen molar-refractivity contribution in [3.05, 3.63) is 16.7 Å². The van der Waals surface area contributed by atoms with E-state index < -0.39 is 15.6 Å². The van der Waals surface area contributed by atoms with Crippen molar-refractivity contribution in [2.24, 2.45) is 0 Å². The summed E-state index contributed by atoms with van der Waals surface area (Å²) in [7, 11) is -3.83. The fourth-order valence-corrected chi connectivity index (χ4v) is 4.53. The van der Waals surface area contributed by atoms with E-state index >= 15 is 0 Å². The lowest BCUT2D eigenvalue weighted by molar-refractivity contribution is 0.0554. The molecule has 0 aliphatic heterocycles. The molecule has 0 radical (unpaired) electrons. The number of sulfonamides is 1. The molecule has 2 heterocycles. The van der Waals surface area contributed by atoms with Crippen LogP contribution in [0.15, 0.2) is 16.6 Å². The van der Waals surface area contributed by atoms with Gasteiger partial charge in [0.1, 0.15) is 0 Å². The Balaban J connectivity index is 2.27. The Morgan fingerprint density at radius 1 is 1.60 bits per heavy atom. The van der Waals surface area contributed by atoms with Crippen molar-refractivity contribution in [1.29, 1.82) is 0 Å². The molecule has 0 saturated heterocycles. The lowest BCUT2D eigenvalue weighted by Gasteiger charge is -2.22. The first-order valence-corrected chi connectivity index (χ1v) is 8.84. The van der Waals surface area contributed by atoms with Gasteiger partial charge in [0.15, 0.2) is 15.1 Å². The molecule has 20 heavy (non-hydrogen) atoms. The van der Waals surface area contributed by atoms with Gasteiger partial charge in [0.25, 0.3) is 10.0 Å². The number of fused-ring (bicyclic) bond motifs is 1. The molecule has 0 saturated carbocycles. The molecule has 6 nitrogen and oxygen atoms in total. The molecule has 112 valence electrons. The summed E-state index contributed by atoms with van der Waals surface area (Å²) in [6, 6.07) is 0. The maximum absolute atomic E-state index is 12.3. The molecule has 0 bridgehead atoms. The minimum absolute atomic E-state index is 0.0699. The summed E-state index contributed by atoms with van der Waals surface area (Å²) in [5.74, 6) is 0. The van der Waals surface area contributed by atoms with E-state index in [1.807, 2.05) is 6.92 Å². The summed E-state index contributed by atoms with van der Waals surface area (Å²) in [6.07, 6.45) is 2.86. The number of hydrogen-bond donors (Lipinski definition) is 2. The van der Waals surface area contributed by atoms with Crippen molar-refractivity contribution in [2.45, 2.75) is 37.3 Å². The fourth-order valence-electron chi connectivity index (χ4n) is 1.92. The molecular formula is C11H16ClN3O3S2. The third kappa shape index (κ3) is 3.15. The monoisotopic (exact) mass is 337 g/mol. The SMILES string of the molecule is CCCC(C)(O)CNS(=O)(=O)c1c(Cl)nc2sccn12. The van der Waals surface area contributed by atoms with Crippen LogP contribution in [0.25, 0.3) is 4.96 Å².